The Morgan fingerprint density at radius 1 is 1.41 bits per heavy atom. The first-order valence-corrected chi connectivity index (χ1v) is 7.83. The fourth-order valence-corrected chi connectivity index (χ4v) is 2.78. The second-order valence-electron chi connectivity index (χ2n) is 3.91. The average Bonchev–Trinajstić information content (AvgIpc) is 2.26. The van der Waals surface area contributed by atoms with Crippen molar-refractivity contribution in [3.05, 3.63) is 0 Å². The van der Waals surface area contributed by atoms with Crippen LogP contribution in [0, 0.1) is 0 Å². The fraction of sp³-hybridized carbons (Fsp3) is 0.900. The predicted molar refractivity (Wildman–Crippen MR) is 69.6 cm³/mol. The van der Waals surface area contributed by atoms with Gasteiger partial charge in [-0.15, -0.1) is 11.6 Å². The van der Waals surface area contributed by atoms with Crippen LogP contribution < -0.4 is 4.72 Å². The van der Waals surface area contributed by atoms with Gasteiger partial charge in [0, 0.05) is 19.5 Å². The lowest BCUT2D eigenvalue weighted by molar-refractivity contribution is -0.131. The molecule has 1 N–H and O–H groups in total. The normalized spacial score (nSPS) is 13.4. The van der Waals surface area contributed by atoms with Gasteiger partial charge in [0.25, 0.3) is 0 Å². The number of hydrogen-bond donors (Lipinski definition) is 1. The maximum Gasteiger partial charge on any atom is 0.240 e. The fourth-order valence-electron chi connectivity index (χ4n) is 1.25. The van der Waals surface area contributed by atoms with E-state index in [4.69, 9.17) is 11.6 Å². The number of sulfonamides is 1. The van der Waals surface area contributed by atoms with E-state index in [2.05, 4.69) is 4.72 Å². The second kappa shape index (κ2) is 7.89. The van der Waals surface area contributed by atoms with Crippen LogP contribution in [-0.2, 0) is 14.8 Å². The molecular weight excluding hydrogens is 264 g/mol. The number of hydrogen-bond acceptors (Lipinski definition) is 3. The Morgan fingerprint density at radius 2 is 2.00 bits per heavy atom. The Labute approximate surface area is 109 Å². The molecule has 1 atom stereocenters. The highest BCUT2D eigenvalue weighted by Crippen LogP contribution is 1.99. The van der Waals surface area contributed by atoms with Crippen molar-refractivity contribution in [2.24, 2.45) is 0 Å². The molecule has 0 heterocycles. The molecule has 5 nitrogen and oxygen atoms in total. The number of nitrogens with zero attached hydrogens (tertiary/aromatic N) is 1. The number of likely N-dealkylation sites (N-methyl/N-ethyl adjacent to an activating group) is 1. The first-order valence-electron chi connectivity index (χ1n) is 5.65. The molecule has 0 aliphatic carbocycles. The van der Waals surface area contributed by atoms with Crippen molar-refractivity contribution in [2.75, 3.05) is 25.2 Å². The van der Waals surface area contributed by atoms with E-state index in [0.717, 1.165) is 0 Å². The number of carbonyl (C=O) groups excluding carboxylic acids is 1. The van der Waals surface area contributed by atoms with E-state index < -0.39 is 16.1 Å². The van der Waals surface area contributed by atoms with E-state index in [1.807, 2.05) is 6.92 Å². The maximum absolute atomic E-state index is 11.7. The number of rotatable bonds is 8. The third-order valence-corrected chi connectivity index (χ3v) is 4.18. The summed E-state index contributed by atoms with van der Waals surface area (Å²) in [5.41, 5.74) is 0. The Hall–Kier alpha value is -0.330. The SMILES string of the molecule is CCN(C)C(=O)C(C)NS(=O)(=O)CCCCCl. The van der Waals surface area contributed by atoms with Gasteiger partial charge in [0.1, 0.15) is 0 Å². The van der Waals surface area contributed by atoms with Gasteiger partial charge in [0.15, 0.2) is 0 Å². The van der Waals surface area contributed by atoms with Crippen molar-refractivity contribution in [3.63, 3.8) is 0 Å². The molecule has 0 bridgehead atoms. The summed E-state index contributed by atoms with van der Waals surface area (Å²) in [5, 5.41) is 0. The molecule has 1 amide bonds. The molecule has 0 aromatic carbocycles. The summed E-state index contributed by atoms with van der Waals surface area (Å²) in [4.78, 5) is 13.1. The van der Waals surface area contributed by atoms with Gasteiger partial charge in [0.05, 0.1) is 11.8 Å². The highest BCUT2D eigenvalue weighted by atomic mass is 35.5. The number of halogens is 1. The van der Waals surface area contributed by atoms with Crippen LogP contribution >= 0.6 is 11.6 Å². The van der Waals surface area contributed by atoms with E-state index in [1.165, 1.54) is 4.90 Å². The first-order chi connectivity index (χ1) is 7.84. The summed E-state index contributed by atoms with van der Waals surface area (Å²) in [6, 6.07) is -0.721. The van der Waals surface area contributed by atoms with Crippen LogP contribution in [0.15, 0.2) is 0 Å². The van der Waals surface area contributed by atoms with Crippen LogP contribution in [0.1, 0.15) is 26.7 Å². The third kappa shape index (κ3) is 6.85. The van der Waals surface area contributed by atoms with E-state index in [9.17, 15) is 13.2 Å². The lowest BCUT2D eigenvalue weighted by Crippen LogP contribution is -2.46. The Bertz CT molecular complexity index is 332. The lowest BCUT2D eigenvalue weighted by atomic mass is 10.3. The lowest BCUT2D eigenvalue weighted by Gasteiger charge is -2.20. The van der Waals surface area contributed by atoms with Gasteiger partial charge < -0.3 is 4.90 Å². The standard InChI is InChI=1S/C10H21ClN2O3S/c1-4-13(3)10(14)9(2)12-17(15,16)8-6-5-7-11/h9,12H,4-8H2,1-3H3. The molecule has 0 aromatic rings. The minimum Gasteiger partial charge on any atom is -0.345 e. The van der Waals surface area contributed by atoms with Crippen LogP contribution in [0.4, 0.5) is 0 Å². The molecule has 0 rings (SSSR count). The minimum atomic E-state index is -3.40. The van der Waals surface area contributed by atoms with Gasteiger partial charge >= 0.3 is 0 Å². The molecule has 102 valence electrons. The smallest absolute Gasteiger partial charge is 0.240 e. The number of unbranched alkanes of at least 4 members (excludes halogenated alkanes) is 1. The number of amides is 1. The third-order valence-electron chi connectivity index (χ3n) is 2.37. The summed E-state index contributed by atoms with van der Waals surface area (Å²) in [6.07, 6.45) is 1.16. The highest BCUT2D eigenvalue weighted by Gasteiger charge is 2.21. The number of carbonyl (C=O) groups is 1. The van der Waals surface area contributed by atoms with Gasteiger partial charge in [-0.1, -0.05) is 0 Å². The number of alkyl halides is 1. The molecule has 0 fully saturated rings. The maximum atomic E-state index is 11.7. The van der Waals surface area contributed by atoms with Crippen molar-refractivity contribution < 1.29 is 13.2 Å². The molecule has 0 radical (unpaired) electrons. The van der Waals surface area contributed by atoms with Gasteiger partial charge in [-0.2, -0.15) is 0 Å². The van der Waals surface area contributed by atoms with Gasteiger partial charge in [0.2, 0.25) is 15.9 Å². The summed E-state index contributed by atoms with van der Waals surface area (Å²) >= 11 is 5.47. The van der Waals surface area contributed by atoms with Crippen molar-refractivity contribution in [1.29, 1.82) is 0 Å². The quantitative estimate of drug-likeness (QED) is 0.529. The zero-order valence-corrected chi connectivity index (χ0v) is 12.1. The highest BCUT2D eigenvalue weighted by molar-refractivity contribution is 7.89. The Kier molecular flexibility index (Phi) is 7.74. The molecule has 0 aliphatic rings. The second-order valence-corrected chi connectivity index (χ2v) is 6.16. The monoisotopic (exact) mass is 284 g/mol. The minimum absolute atomic E-state index is 0.00712. The molecule has 17 heavy (non-hydrogen) atoms. The van der Waals surface area contributed by atoms with Crippen LogP contribution in [0.5, 0.6) is 0 Å². The van der Waals surface area contributed by atoms with Crippen molar-refractivity contribution in [3.8, 4) is 0 Å². The van der Waals surface area contributed by atoms with E-state index >= 15 is 0 Å². The van der Waals surface area contributed by atoms with Crippen LogP contribution in [0.3, 0.4) is 0 Å². The number of nitrogens with one attached hydrogen (secondary N) is 1. The summed E-state index contributed by atoms with van der Waals surface area (Å²) in [7, 11) is -1.76. The zero-order chi connectivity index (χ0) is 13.5. The van der Waals surface area contributed by atoms with Gasteiger partial charge in [-0.05, 0) is 26.7 Å². The Balaban J connectivity index is 4.26. The summed E-state index contributed by atoms with van der Waals surface area (Å²) in [5.74, 6) is 0.226. The molecule has 7 heteroatoms. The molecule has 0 saturated carbocycles. The van der Waals surface area contributed by atoms with Crippen molar-refractivity contribution in [2.45, 2.75) is 32.7 Å². The van der Waals surface area contributed by atoms with E-state index in [-0.39, 0.29) is 11.7 Å². The molecule has 0 aliphatic heterocycles. The Morgan fingerprint density at radius 3 is 2.47 bits per heavy atom. The van der Waals surface area contributed by atoms with Crippen LogP contribution in [-0.4, -0.2) is 50.5 Å². The zero-order valence-electron chi connectivity index (χ0n) is 10.6. The summed E-state index contributed by atoms with van der Waals surface area (Å²) in [6.45, 7) is 3.93. The van der Waals surface area contributed by atoms with Crippen molar-refractivity contribution >= 4 is 27.5 Å². The molecule has 0 spiro atoms. The predicted octanol–water partition coefficient (Wildman–Crippen LogP) is 0.792. The van der Waals surface area contributed by atoms with Crippen LogP contribution in [0.2, 0.25) is 0 Å². The molecule has 1 unspecified atom stereocenters. The van der Waals surface area contributed by atoms with E-state index in [1.54, 1.807) is 14.0 Å². The van der Waals surface area contributed by atoms with Gasteiger partial charge in [-0.25, -0.2) is 13.1 Å². The summed E-state index contributed by atoms with van der Waals surface area (Å²) < 4.78 is 25.6. The van der Waals surface area contributed by atoms with Crippen LogP contribution in [0.25, 0.3) is 0 Å². The average molecular weight is 285 g/mol. The molecule has 0 saturated heterocycles. The van der Waals surface area contributed by atoms with Gasteiger partial charge in [-0.3, -0.25) is 4.79 Å². The molecule has 0 aromatic heterocycles. The largest absolute Gasteiger partial charge is 0.345 e. The molecular formula is C10H21ClN2O3S. The van der Waals surface area contributed by atoms with E-state index in [0.29, 0.717) is 25.3 Å². The topological polar surface area (TPSA) is 66.5 Å². The first kappa shape index (κ1) is 16.7. The van der Waals surface area contributed by atoms with Crippen molar-refractivity contribution in [1.82, 2.24) is 9.62 Å².